The molecule has 0 saturated carbocycles. The van der Waals surface area contributed by atoms with Crippen LogP contribution in [0, 0.1) is 11.3 Å². The van der Waals surface area contributed by atoms with Crippen LogP contribution in [0.4, 0.5) is 0 Å². The SMILES string of the molecule is CN(CCC[C@@H](C#N)c1ccccc1)Cc1ccccc1. The van der Waals surface area contributed by atoms with Crippen molar-refractivity contribution in [1.29, 1.82) is 5.26 Å². The topological polar surface area (TPSA) is 27.0 Å². The van der Waals surface area contributed by atoms with E-state index in [9.17, 15) is 5.26 Å². The molecule has 0 bridgehead atoms. The van der Waals surface area contributed by atoms with Crippen molar-refractivity contribution < 1.29 is 0 Å². The lowest BCUT2D eigenvalue weighted by Crippen LogP contribution is -2.19. The van der Waals surface area contributed by atoms with E-state index in [-0.39, 0.29) is 5.92 Å². The van der Waals surface area contributed by atoms with Crippen molar-refractivity contribution >= 4 is 0 Å². The molecule has 0 radical (unpaired) electrons. The molecular weight excluding hydrogens is 256 g/mol. The first-order chi connectivity index (χ1) is 10.3. The Bertz CT molecular complexity index is 557. The Hall–Kier alpha value is -2.11. The van der Waals surface area contributed by atoms with Crippen LogP contribution in [0.15, 0.2) is 60.7 Å². The number of hydrogen-bond donors (Lipinski definition) is 0. The fourth-order valence-electron chi connectivity index (χ4n) is 2.53. The highest BCUT2D eigenvalue weighted by Crippen LogP contribution is 2.20. The summed E-state index contributed by atoms with van der Waals surface area (Å²) in [6, 6.07) is 23.0. The van der Waals surface area contributed by atoms with E-state index in [1.807, 2.05) is 36.4 Å². The minimum absolute atomic E-state index is 0.0105. The van der Waals surface area contributed by atoms with Crippen molar-refractivity contribution in [1.82, 2.24) is 4.90 Å². The van der Waals surface area contributed by atoms with Gasteiger partial charge in [0.25, 0.3) is 0 Å². The van der Waals surface area contributed by atoms with Crippen molar-refractivity contribution in [2.75, 3.05) is 13.6 Å². The Labute approximate surface area is 127 Å². The molecule has 0 N–H and O–H groups in total. The summed E-state index contributed by atoms with van der Waals surface area (Å²) in [5.74, 6) is 0.0105. The summed E-state index contributed by atoms with van der Waals surface area (Å²) in [6.45, 7) is 1.98. The van der Waals surface area contributed by atoms with E-state index in [1.54, 1.807) is 0 Å². The van der Waals surface area contributed by atoms with E-state index < -0.39 is 0 Å². The second-order valence-electron chi connectivity index (χ2n) is 5.46. The first kappa shape index (κ1) is 15.3. The Morgan fingerprint density at radius 2 is 1.62 bits per heavy atom. The van der Waals surface area contributed by atoms with Gasteiger partial charge in [-0.3, -0.25) is 0 Å². The highest BCUT2D eigenvalue weighted by atomic mass is 15.1. The van der Waals surface area contributed by atoms with Gasteiger partial charge in [0, 0.05) is 6.54 Å². The normalized spacial score (nSPS) is 12.0. The van der Waals surface area contributed by atoms with Crippen LogP contribution in [0.5, 0.6) is 0 Å². The van der Waals surface area contributed by atoms with E-state index in [0.29, 0.717) is 0 Å². The van der Waals surface area contributed by atoms with Gasteiger partial charge in [0.05, 0.1) is 12.0 Å². The van der Waals surface area contributed by atoms with Crippen LogP contribution in [0.2, 0.25) is 0 Å². The zero-order chi connectivity index (χ0) is 14.9. The van der Waals surface area contributed by atoms with Crippen LogP contribution in [0.1, 0.15) is 29.9 Å². The molecule has 0 aliphatic heterocycles. The maximum atomic E-state index is 9.32. The molecule has 0 aliphatic carbocycles. The summed E-state index contributed by atoms with van der Waals surface area (Å²) in [4.78, 5) is 2.31. The number of hydrogen-bond acceptors (Lipinski definition) is 2. The maximum absolute atomic E-state index is 9.32. The van der Waals surface area contributed by atoms with Gasteiger partial charge in [0.1, 0.15) is 0 Å². The molecule has 0 unspecified atom stereocenters. The Balaban J connectivity index is 1.77. The summed E-state index contributed by atoms with van der Waals surface area (Å²) < 4.78 is 0. The largest absolute Gasteiger partial charge is 0.302 e. The molecule has 2 nitrogen and oxygen atoms in total. The van der Waals surface area contributed by atoms with Crippen molar-refractivity contribution in [2.24, 2.45) is 0 Å². The van der Waals surface area contributed by atoms with E-state index in [1.165, 1.54) is 5.56 Å². The average molecular weight is 278 g/mol. The summed E-state index contributed by atoms with van der Waals surface area (Å²) in [7, 11) is 2.14. The molecule has 0 heterocycles. The van der Waals surface area contributed by atoms with Crippen LogP contribution in [0.25, 0.3) is 0 Å². The number of nitriles is 1. The van der Waals surface area contributed by atoms with Crippen LogP contribution in [-0.2, 0) is 6.54 Å². The molecule has 2 rings (SSSR count). The number of nitrogens with zero attached hydrogens (tertiary/aromatic N) is 2. The molecule has 2 heteroatoms. The zero-order valence-electron chi connectivity index (χ0n) is 12.6. The molecule has 2 aromatic rings. The summed E-state index contributed by atoms with van der Waals surface area (Å²) in [6.07, 6.45) is 1.95. The van der Waals surface area contributed by atoms with Crippen molar-refractivity contribution in [3.05, 3.63) is 71.8 Å². The predicted molar refractivity (Wildman–Crippen MR) is 86.8 cm³/mol. The Kier molecular flexibility index (Phi) is 5.99. The van der Waals surface area contributed by atoms with Gasteiger partial charge in [-0.25, -0.2) is 0 Å². The number of benzene rings is 2. The minimum Gasteiger partial charge on any atom is -0.302 e. The van der Waals surface area contributed by atoms with Gasteiger partial charge in [-0.1, -0.05) is 60.7 Å². The van der Waals surface area contributed by atoms with Gasteiger partial charge in [0.2, 0.25) is 0 Å². The average Bonchev–Trinajstić information content (AvgIpc) is 2.53. The molecular formula is C19H22N2. The second-order valence-corrected chi connectivity index (χ2v) is 5.46. The fourth-order valence-corrected chi connectivity index (χ4v) is 2.53. The molecule has 1 atom stereocenters. The standard InChI is InChI=1S/C19H22N2/c1-21(16-17-9-4-2-5-10-17)14-8-13-19(15-20)18-11-6-3-7-12-18/h2-7,9-12,19H,8,13-14,16H2,1H3/t19-/m0/s1. The van der Waals surface area contributed by atoms with Gasteiger partial charge in [0.15, 0.2) is 0 Å². The third-order valence-electron chi connectivity index (χ3n) is 3.69. The van der Waals surface area contributed by atoms with E-state index in [2.05, 4.69) is 42.3 Å². The molecule has 0 aromatic heterocycles. The van der Waals surface area contributed by atoms with Gasteiger partial charge in [-0.05, 0) is 37.6 Å². The quantitative estimate of drug-likeness (QED) is 0.758. The van der Waals surface area contributed by atoms with Gasteiger partial charge in [-0.15, -0.1) is 0 Å². The highest BCUT2D eigenvalue weighted by molar-refractivity contribution is 5.24. The molecule has 108 valence electrons. The summed E-state index contributed by atoms with van der Waals surface area (Å²) in [5.41, 5.74) is 2.46. The smallest absolute Gasteiger partial charge is 0.0713 e. The van der Waals surface area contributed by atoms with E-state index >= 15 is 0 Å². The predicted octanol–water partition coefficient (Wildman–Crippen LogP) is 4.21. The van der Waals surface area contributed by atoms with Crippen LogP contribution < -0.4 is 0 Å². The Morgan fingerprint density at radius 3 is 2.24 bits per heavy atom. The molecule has 21 heavy (non-hydrogen) atoms. The van der Waals surface area contributed by atoms with Gasteiger partial charge in [-0.2, -0.15) is 5.26 Å². The van der Waals surface area contributed by atoms with Crippen LogP contribution in [0.3, 0.4) is 0 Å². The Morgan fingerprint density at radius 1 is 1.00 bits per heavy atom. The molecule has 0 spiro atoms. The second kappa shape index (κ2) is 8.24. The van der Waals surface area contributed by atoms with Crippen molar-refractivity contribution in [3.8, 4) is 6.07 Å². The maximum Gasteiger partial charge on any atom is 0.0713 e. The minimum atomic E-state index is 0.0105. The highest BCUT2D eigenvalue weighted by Gasteiger charge is 2.10. The lowest BCUT2D eigenvalue weighted by atomic mass is 9.96. The zero-order valence-corrected chi connectivity index (χ0v) is 12.6. The van der Waals surface area contributed by atoms with Gasteiger partial charge >= 0.3 is 0 Å². The molecule has 0 saturated heterocycles. The monoisotopic (exact) mass is 278 g/mol. The van der Waals surface area contributed by atoms with Crippen LogP contribution >= 0.6 is 0 Å². The fraction of sp³-hybridized carbons (Fsp3) is 0.316. The van der Waals surface area contributed by atoms with Crippen molar-refractivity contribution in [3.63, 3.8) is 0 Å². The lowest BCUT2D eigenvalue weighted by Gasteiger charge is -2.17. The molecule has 2 aromatic carbocycles. The van der Waals surface area contributed by atoms with Crippen molar-refractivity contribution in [2.45, 2.75) is 25.3 Å². The molecule has 0 fully saturated rings. The number of rotatable bonds is 7. The summed E-state index contributed by atoms with van der Waals surface area (Å²) >= 11 is 0. The molecule has 0 aliphatic rings. The summed E-state index contributed by atoms with van der Waals surface area (Å²) in [5, 5.41) is 9.32. The van der Waals surface area contributed by atoms with E-state index in [4.69, 9.17) is 0 Å². The van der Waals surface area contributed by atoms with E-state index in [0.717, 1.165) is 31.5 Å². The van der Waals surface area contributed by atoms with Gasteiger partial charge < -0.3 is 4.90 Å². The van der Waals surface area contributed by atoms with Crippen LogP contribution in [-0.4, -0.2) is 18.5 Å². The third kappa shape index (κ3) is 5.06. The third-order valence-corrected chi connectivity index (χ3v) is 3.69. The first-order valence-corrected chi connectivity index (χ1v) is 7.46. The first-order valence-electron chi connectivity index (χ1n) is 7.46. The molecule has 0 amide bonds. The lowest BCUT2D eigenvalue weighted by molar-refractivity contribution is 0.317.